The van der Waals surface area contributed by atoms with Crippen LogP contribution in [0.2, 0.25) is 0 Å². The second kappa shape index (κ2) is 7.27. The Kier molecular flexibility index (Phi) is 5.65. The Morgan fingerprint density at radius 3 is 2.52 bits per heavy atom. The molecule has 0 saturated heterocycles. The van der Waals surface area contributed by atoms with Gasteiger partial charge in [-0.25, -0.2) is 8.42 Å². The first-order valence-corrected chi connectivity index (χ1v) is 9.26. The summed E-state index contributed by atoms with van der Waals surface area (Å²) in [7, 11) is 0.0120. The van der Waals surface area contributed by atoms with Gasteiger partial charge in [0.05, 0.1) is 12.9 Å². The first-order valence-electron chi connectivity index (χ1n) is 7.61. The Morgan fingerprint density at radius 1 is 1.24 bits per heavy atom. The van der Waals surface area contributed by atoms with Gasteiger partial charge in [0.25, 0.3) is 0 Å². The normalized spacial score (nSPS) is 18.4. The van der Waals surface area contributed by atoms with Crippen LogP contribution in [0.4, 0.5) is 0 Å². The smallest absolute Gasteiger partial charge is 0.183 e. The van der Waals surface area contributed by atoms with Crippen LogP contribution in [-0.4, -0.2) is 34.4 Å². The van der Waals surface area contributed by atoms with Gasteiger partial charge in [0.1, 0.15) is 10.6 Å². The lowest BCUT2D eigenvalue weighted by atomic mass is 9.84. The monoisotopic (exact) mass is 311 g/mol. The van der Waals surface area contributed by atoms with Gasteiger partial charge in [0.2, 0.25) is 0 Å². The second-order valence-corrected chi connectivity index (χ2v) is 7.73. The van der Waals surface area contributed by atoms with Crippen molar-refractivity contribution in [2.45, 2.75) is 43.0 Å². The minimum absolute atomic E-state index is 0.0141. The topological polar surface area (TPSA) is 55.4 Å². The molecule has 2 rings (SSSR count). The van der Waals surface area contributed by atoms with Crippen molar-refractivity contribution in [1.82, 2.24) is 5.32 Å². The van der Waals surface area contributed by atoms with Crippen molar-refractivity contribution in [2.24, 2.45) is 5.92 Å². The third-order valence-corrected chi connectivity index (χ3v) is 6.20. The average molecular weight is 311 g/mol. The van der Waals surface area contributed by atoms with Crippen molar-refractivity contribution in [1.29, 1.82) is 0 Å². The number of hydrogen-bond acceptors (Lipinski definition) is 4. The fraction of sp³-hybridized carbons (Fsp3) is 0.625. The molecule has 0 radical (unpaired) electrons. The molecule has 1 aliphatic carbocycles. The molecule has 1 atom stereocenters. The van der Waals surface area contributed by atoms with E-state index < -0.39 is 9.84 Å². The number of benzene rings is 1. The van der Waals surface area contributed by atoms with Crippen LogP contribution in [-0.2, 0) is 9.84 Å². The van der Waals surface area contributed by atoms with Crippen LogP contribution in [0.5, 0.6) is 5.75 Å². The Bertz CT molecular complexity index is 550. The largest absolute Gasteiger partial charge is 0.495 e. The maximum Gasteiger partial charge on any atom is 0.183 e. The molecule has 0 aromatic heterocycles. The molecule has 1 fully saturated rings. The molecule has 0 bridgehead atoms. The highest BCUT2D eigenvalue weighted by atomic mass is 32.2. The number of rotatable bonds is 6. The van der Waals surface area contributed by atoms with E-state index in [1.165, 1.54) is 26.4 Å². The molecule has 0 heterocycles. The molecule has 0 amide bonds. The Balaban J connectivity index is 2.18. The highest BCUT2D eigenvalue weighted by molar-refractivity contribution is 7.91. The van der Waals surface area contributed by atoms with Crippen LogP contribution in [0, 0.1) is 5.92 Å². The van der Waals surface area contributed by atoms with E-state index >= 15 is 0 Å². The van der Waals surface area contributed by atoms with E-state index in [-0.39, 0.29) is 11.8 Å². The molecule has 1 aromatic carbocycles. The van der Waals surface area contributed by atoms with E-state index in [0.717, 1.165) is 12.8 Å². The molecule has 1 unspecified atom stereocenters. The molecule has 1 aromatic rings. The van der Waals surface area contributed by atoms with Crippen molar-refractivity contribution >= 4 is 9.84 Å². The highest BCUT2D eigenvalue weighted by Crippen LogP contribution is 2.30. The van der Waals surface area contributed by atoms with Crippen LogP contribution >= 0.6 is 0 Å². The highest BCUT2D eigenvalue weighted by Gasteiger charge is 2.29. The van der Waals surface area contributed by atoms with Gasteiger partial charge in [0.15, 0.2) is 9.84 Å². The number of hydrogen-bond donors (Lipinski definition) is 1. The summed E-state index contributed by atoms with van der Waals surface area (Å²) in [4.78, 5) is 0.295. The summed E-state index contributed by atoms with van der Waals surface area (Å²) in [6, 6.07) is 6.86. The van der Waals surface area contributed by atoms with Gasteiger partial charge in [-0.1, -0.05) is 31.4 Å². The van der Waals surface area contributed by atoms with E-state index in [1.807, 2.05) is 7.05 Å². The van der Waals surface area contributed by atoms with Gasteiger partial charge >= 0.3 is 0 Å². The van der Waals surface area contributed by atoms with Gasteiger partial charge in [0, 0.05) is 6.04 Å². The predicted octanol–water partition coefficient (Wildman–Crippen LogP) is 2.64. The van der Waals surface area contributed by atoms with Crippen LogP contribution in [0.3, 0.4) is 0 Å². The zero-order chi connectivity index (χ0) is 15.3. The zero-order valence-corrected chi connectivity index (χ0v) is 13.7. The third-order valence-electron chi connectivity index (χ3n) is 4.39. The fourth-order valence-electron chi connectivity index (χ4n) is 3.19. The molecule has 1 N–H and O–H groups in total. The van der Waals surface area contributed by atoms with Crippen LogP contribution < -0.4 is 10.1 Å². The van der Waals surface area contributed by atoms with Crippen LogP contribution in [0.25, 0.3) is 0 Å². The number of methoxy groups -OCH3 is 1. The zero-order valence-electron chi connectivity index (χ0n) is 12.8. The fourth-order valence-corrected chi connectivity index (χ4v) is 5.03. The predicted molar refractivity (Wildman–Crippen MR) is 84.5 cm³/mol. The van der Waals surface area contributed by atoms with Crippen molar-refractivity contribution < 1.29 is 13.2 Å². The van der Waals surface area contributed by atoms with Gasteiger partial charge in [-0.05, 0) is 37.9 Å². The summed E-state index contributed by atoms with van der Waals surface area (Å²) >= 11 is 0. The van der Waals surface area contributed by atoms with Gasteiger partial charge in [-0.15, -0.1) is 0 Å². The quantitative estimate of drug-likeness (QED) is 0.877. The van der Waals surface area contributed by atoms with Crippen molar-refractivity contribution in [2.75, 3.05) is 19.9 Å². The number of para-hydroxylation sites is 1. The van der Waals surface area contributed by atoms with Gasteiger partial charge in [-0.3, -0.25) is 0 Å². The van der Waals surface area contributed by atoms with E-state index in [2.05, 4.69) is 5.32 Å². The minimum atomic E-state index is -3.35. The van der Waals surface area contributed by atoms with Crippen LogP contribution in [0.1, 0.15) is 32.1 Å². The standard InChI is InChI=1S/C16H25NO3S/c1-17-14(13-8-4-3-5-9-13)12-21(18,19)16-11-7-6-10-15(16)20-2/h6-7,10-11,13-14,17H,3-5,8-9,12H2,1-2H3. The van der Waals surface area contributed by atoms with E-state index in [0.29, 0.717) is 16.6 Å². The Morgan fingerprint density at radius 2 is 1.90 bits per heavy atom. The summed E-state index contributed by atoms with van der Waals surface area (Å²) in [5.41, 5.74) is 0. The minimum Gasteiger partial charge on any atom is -0.495 e. The molecular weight excluding hydrogens is 286 g/mol. The average Bonchev–Trinajstić information content (AvgIpc) is 2.53. The molecule has 5 heteroatoms. The summed E-state index contributed by atoms with van der Waals surface area (Å²) in [6.07, 6.45) is 5.92. The molecule has 0 spiro atoms. The Hall–Kier alpha value is -1.07. The van der Waals surface area contributed by atoms with Crippen molar-refractivity contribution in [3.63, 3.8) is 0 Å². The lowest BCUT2D eigenvalue weighted by Gasteiger charge is -2.30. The van der Waals surface area contributed by atoms with E-state index in [1.54, 1.807) is 24.3 Å². The summed E-state index contributed by atoms with van der Waals surface area (Å²) in [6.45, 7) is 0. The maximum atomic E-state index is 12.7. The molecular formula is C16H25NO3S. The lowest BCUT2D eigenvalue weighted by molar-refractivity contribution is 0.292. The van der Waals surface area contributed by atoms with Crippen LogP contribution in [0.15, 0.2) is 29.2 Å². The molecule has 4 nitrogen and oxygen atoms in total. The molecule has 21 heavy (non-hydrogen) atoms. The number of sulfone groups is 1. The first-order chi connectivity index (χ1) is 10.1. The van der Waals surface area contributed by atoms with Crippen molar-refractivity contribution in [3.05, 3.63) is 24.3 Å². The maximum absolute atomic E-state index is 12.7. The molecule has 1 aliphatic rings. The summed E-state index contributed by atoms with van der Waals surface area (Å²) in [5.74, 6) is 1.01. The van der Waals surface area contributed by atoms with Crippen molar-refractivity contribution in [3.8, 4) is 5.75 Å². The van der Waals surface area contributed by atoms with Gasteiger partial charge < -0.3 is 10.1 Å². The summed E-state index contributed by atoms with van der Waals surface area (Å²) < 4.78 is 30.6. The van der Waals surface area contributed by atoms with Gasteiger partial charge in [-0.2, -0.15) is 0 Å². The molecule has 0 aliphatic heterocycles. The molecule has 118 valence electrons. The lowest BCUT2D eigenvalue weighted by Crippen LogP contribution is -2.40. The second-order valence-electron chi connectivity index (χ2n) is 5.73. The molecule has 1 saturated carbocycles. The third kappa shape index (κ3) is 3.98. The number of ether oxygens (including phenoxy) is 1. The first kappa shape index (κ1) is 16.3. The Labute approximate surface area is 127 Å². The summed E-state index contributed by atoms with van der Waals surface area (Å²) in [5, 5.41) is 3.22. The SMILES string of the molecule is CNC(CS(=O)(=O)c1ccccc1OC)C1CCCCC1. The van der Waals surface area contributed by atoms with E-state index in [9.17, 15) is 8.42 Å². The van der Waals surface area contributed by atoms with E-state index in [4.69, 9.17) is 4.74 Å². The number of nitrogens with one attached hydrogen (secondary N) is 1.